The summed E-state index contributed by atoms with van der Waals surface area (Å²) in [5, 5.41) is 52.8. The minimum Gasteiger partial charge on any atom is -0.491 e. The van der Waals surface area contributed by atoms with Gasteiger partial charge in [-0.2, -0.15) is 0 Å². The highest BCUT2D eigenvalue weighted by Gasteiger charge is 2.24. The van der Waals surface area contributed by atoms with E-state index in [1.807, 2.05) is 48.5 Å². The number of rotatable bonds is 53. The summed E-state index contributed by atoms with van der Waals surface area (Å²) < 4.78 is 42.3. The molecule has 34 heteroatoms. The molecule has 0 aliphatic heterocycles. The van der Waals surface area contributed by atoms with Gasteiger partial charge in [0.2, 0.25) is 23.6 Å². The molecule has 0 aliphatic carbocycles. The maximum absolute atomic E-state index is 12.2. The van der Waals surface area contributed by atoms with E-state index in [1.54, 1.807) is 62.4 Å². The quantitative estimate of drug-likeness (QED) is 0.0118. The fraction of sp³-hybridized carbons (Fsp3) is 0.500. The number of nitrogens with two attached hydrogens (primary N) is 6. The molecule has 0 fully saturated rings. The Kier molecular flexibility index (Phi) is 50.0. The fourth-order valence-corrected chi connectivity index (χ4v) is 9.48. The van der Waals surface area contributed by atoms with Crippen LogP contribution in [0.25, 0.3) is 0 Å². The minimum absolute atomic E-state index is 0. The van der Waals surface area contributed by atoms with Crippen LogP contribution in [0.5, 0.6) is 23.0 Å². The number of carbonyl (C=O) groups is 8. The third kappa shape index (κ3) is 45.2. The average molecular weight is 1500 g/mol. The summed E-state index contributed by atoms with van der Waals surface area (Å²) in [5.41, 5.74) is 35.6. The molecule has 4 atom stereocenters. The molecule has 4 aromatic rings. The molecule has 0 radical (unpaired) electrons. The van der Waals surface area contributed by atoms with Crippen molar-refractivity contribution in [2.75, 3.05) is 184 Å². The predicted molar refractivity (Wildman–Crippen MR) is 400 cm³/mol. The molecule has 0 spiro atoms. The third-order valence-electron chi connectivity index (χ3n) is 14.1. The van der Waals surface area contributed by atoms with Gasteiger partial charge in [0.1, 0.15) is 73.8 Å². The van der Waals surface area contributed by atoms with E-state index in [9.17, 15) is 58.8 Å². The lowest BCUT2D eigenvalue weighted by atomic mass is 10.0. The molecule has 594 valence electrons. The van der Waals surface area contributed by atoms with Crippen LogP contribution in [0.4, 0.5) is 0 Å². The zero-order chi connectivity index (χ0) is 78.3. The van der Waals surface area contributed by atoms with Crippen molar-refractivity contribution < 1.29 is 99.5 Å². The van der Waals surface area contributed by atoms with E-state index in [0.29, 0.717) is 75.1 Å². The van der Waals surface area contributed by atoms with Crippen molar-refractivity contribution in [3.05, 3.63) is 145 Å². The number of amides is 4. The second kappa shape index (κ2) is 57.1. The lowest BCUT2D eigenvalue weighted by Crippen LogP contribution is -2.47. The number of nitrogens with one attached hydrogen (secondary N) is 4. The van der Waals surface area contributed by atoms with Crippen molar-refractivity contribution in [2.24, 2.45) is 34.4 Å². The molecule has 34 nitrogen and oxygen atoms in total. The van der Waals surface area contributed by atoms with Crippen LogP contribution in [-0.4, -0.2) is 296 Å². The van der Waals surface area contributed by atoms with Crippen molar-refractivity contribution in [3.63, 3.8) is 0 Å². The van der Waals surface area contributed by atoms with Crippen molar-refractivity contribution in [2.45, 2.75) is 51.1 Å². The Morgan fingerprint density at radius 1 is 0.368 bits per heavy atom. The van der Waals surface area contributed by atoms with Gasteiger partial charge < -0.3 is 114 Å². The maximum atomic E-state index is 12.2. The Balaban J connectivity index is 0.00000199. The number of ether oxygens (including phenoxy) is 8. The number of benzene rings is 4. The number of nitrogens with zero attached hydrogens (tertiary/aromatic N) is 4. The topological polar surface area (TPSA) is 509 Å². The summed E-state index contributed by atoms with van der Waals surface area (Å²) in [7, 11) is 0. The van der Waals surface area contributed by atoms with E-state index in [2.05, 4.69) is 34.4 Å². The molecule has 4 aromatic carbocycles. The van der Waals surface area contributed by atoms with Crippen molar-refractivity contribution >= 4 is 47.5 Å². The highest BCUT2D eigenvalue weighted by molar-refractivity contribution is 5.82. The van der Waals surface area contributed by atoms with E-state index >= 15 is 0 Å². The van der Waals surface area contributed by atoms with Crippen LogP contribution in [-0.2, 0) is 70.1 Å². The van der Waals surface area contributed by atoms with Gasteiger partial charge in [-0.05, 0) is 97.5 Å². The van der Waals surface area contributed by atoms with E-state index in [4.69, 9.17) is 72.3 Å². The van der Waals surface area contributed by atoms with Crippen LogP contribution in [0.3, 0.4) is 0 Å². The first-order valence-corrected chi connectivity index (χ1v) is 34.7. The summed E-state index contributed by atoms with van der Waals surface area (Å²) in [6, 6.07) is 29.5. The van der Waals surface area contributed by atoms with Gasteiger partial charge in [-0.3, -0.25) is 58.0 Å². The summed E-state index contributed by atoms with van der Waals surface area (Å²) in [4.78, 5) is 102. The molecule has 4 amide bonds. The Morgan fingerprint density at radius 3 is 0.783 bits per heavy atom. The van der Waals surface area contributed by atoms with E-state index < -0.39 is 48.3 Å². The molecule has 0 saturated carbocycles. The molecule has 4 unspecified atom stereocenters. The Bertz CT molecular complexity index is 2970. The number of aliphatic hydroxyl groups is 4. The average Bonchev–Trinajstić information content (AvgIpc) is 0.873. The number of hydrogen-bond donors (Lipinski definition) is 14. The Labute approximate surface area is 622 Å². The van der Waals surface area contributed by atoms with Gasteiger partial charge in [0.05, 0.1) is 78.1 Å². The van der Waals surface area contributed by atoms with Gasteiger partial charge in [0.25, 0.3) is 0 Å². The molecule has 106 heavy (non-hydrogen) atoms. The van der Waals surface area contributed by atoms with Gasteiger partial charge in [-0.1, -0.05) is 61.7 Å². The SMILES string of the molecule is C=COC(=O)CN(CC(=O)OC=C)CC(O)COc1ccc(Cc2ccc(OCC(O)CN(CC(=O)OCC)CC(=O)OCC)cc2)cc1.NCCN.NCCNC(=O)CN(CC(=O)NCCN)CC(O)COc1ccc(Cc2ccc(OCC(O)CN(CC(=O)NCCN)CC(=O)NCCN)cc2)cc1.[HH].[HH]. The lowest BCUT2D eigenvalue weighted by molar-refractivity contribution is -0.149. The summed E-state index contributed by atoms with van der Waals surface area (Å²) in [5.74, 6) is -1.38. The molecule has 0 heterocycles. The van der Waals surface area contributed by atoms with Crippen LogP contribution in [0.15, 0.2) is 123 Å². The third-order valence-corrected chi connectivity index (χ3v) is 14.1. The summed E-state index contributed by atoms with van der Waals surface area (Å²) in [6.07, 6.45) is -0.730. The lowest BCUT2D eigenvalue weighted by Gasteiger charge is -2.24. The Hall–Kier alpha value is -9.24. The smallest absolute Gasteiger partial charge is 0.324 e. The van der Waals surface area contributed by atoms with Crippen LogP contribution in [0.1, 0.15) is 39.0 Å². The standard InChI is InChI=1S/C35H58N10O8.C35H46N2O12.C2H8N2.2H2/c36-9-13-40-32(48)20-44(21-33(49)41-14-10-37)18-28(46)24-52-30-5-1-26(2-6-30)17-27-3-7-31(8-4-27)53-25-29(47)19-45(22-34(50)42-15-11-38)23-35(51)43-16-12-39;1-5-44-32(40)20-36(21-33(41)45-6-2)18-28(38)24-48-30-13-9-26(10-14-30)17-27-11-15-31(16-12-27)49-25-29(39)19-37(22-34(42)46-7-3)23-35(43)47-8-4;3-1-2-4;;/h1-8,28-29,46-47H,9-25,36-39H2,(H,40,48)(H,41,49)(H,42,50)(H,43,51);5-6,9-16,28-29,38-39H,1-2,7-8,17-25H2,3-4H3;1-4H2;2*1H. The van der Waals surface area contributed by atoms with Crippen molar-refractivity contribution in [1.82, 2.24) is 40.9 Å². The second-order valence-corrected chi connectivity index (χ2v) is 23.5. The highest BCUT2D eigenvalue weighted by Crippen LogP contribution is 2.21. The van der Waals surface area contributed by atoms with E-state index in [-0.39, 0.29) is 171 Å². The zero-order valence-corrected chi connectivity index (χ0v) is 60.9. The monoisotopic (exact) mass is 1500 g/mol. The fourth-order valence-electron chi connectivity index (χ4n) is 9.48. The van der Waals surface area contributed by atoms with Gasteiger partial charge in [-0.15, -0.1) is 0 Å². The van der Waals surface area contributed by atoms with E-state index in [1.165, 1.54) is 19.6 Å². The minimum atomic E-state index is -1.03. The normalized spacial score (nSPS) is 12.0. The van der Waals surface area contributed by atoms with Crippen LogP contribution in [0, 0.1) is 0 Å². The molecule has 20 N–H and O–H groups in total. The molecule has 0 aromatic heterocycles. The molecule has 0 saturated heterocycles. The van der Waals surface area contributed by atoms with Crippen molar-refractivity contribution in [1.29, 1.82) is 0 Å². The first-order chi connectivity index (χ1) is 51.0. The van der Waals surface area contributed by atoms with Crippen LogP contribution in [0.2, 0.25) is 0 Å². The molecule has 4 rings (SSSR count). The van der Waals surface area contributed by atoms with Crippen molar-refractivity contribution in [3.8, 4) is 23.0 Å². The summed E-state index contributed by atoms with van der Waals surface area (Å²) >= 11 is 0. The van der Waals surface area contributed by atoms with E-state index in [0.717, 1.165) is 34.8 Å². The first kappa shape index (κ1) is 92.8. The predicted octanol–water partition coefficient (Wildman–Crippen LogP) is -3.08. The maximum Gasteiger partial charge on any atom is 0.324 e. The van der Waals surface area contributed by atoms with Crippen LogP contribution >= 0.6 is 0 Å². The number of hydrogen-bond acceptors (Lipinski definition) is 30. The van der Waals surface area contributed by atoms with Gasteiger partial charge in [0, 0.05) is 94.5 Å². The summed E-state index contributed by atoms with van der Waals surface area (Å²) in [6.45, 7) is 12.5. The molecular weight excluding hydrogens is 1380 g/mol. The number of esters is 4. The molecular formula is C72H116N14O20. The highest BCUT2D eigenvalue weighted by atomic mass is 16.5. The van der Waals surface area contributed by atoms with Gasteiger partial charge >= 0.3 is 23.9 Å². The molecule has 0 bridgehead atoms. The largest absolute Gasteiger partial charge is 0.491 e. The Morgan fingerprint density at radius 2 is 0.585 bits per heavy atom. The number of carbonyl (C=O) groups excluding carboxylic acids is 8. The number of aliphatic hydroxyl groups excluding tert-OH is 4. The molecule has 0 aliphatic rings. The first-order valence-electron chi connectivity index (χ1n) is 34.7. The second-order valence-electron chi connectivity index (χ2n) is 23.5. The van der Waals surface area contributed by atoms with Gasteiger partial charge in [0.15, 0.2) is 0 Å². The van der Waals surface area contributed by atoms with Gasteiger partial charge in [-0.25, -0.2) is 0 Å². The van der Waals surface area contributed by atoms with Crippen LogP contribution < -0.4 is 74.6 Å². The zero-order valence-electron chi connectivity index (χ0n) is 60.9.